The van der Waals surface area contributed by atoms with E-state index in [0.29, 0.717) is 5.56 Å². The maximum atomic E-state index is 12.7. The van der Waals surface area contributed by atoms with Gasteiger partial charge < -0.3 is 4.98 Å². The molecule has 0 saturated heterocycles. The lowest BCUT2D eigenvalue weighted by Gasteiger charge is -2.03. The molecule has 0 amide bonds. The SMILES string of the molecule is Cc1cc2nc(F)c(F)[nH]c-2nc1=O. The highest BCUT2D eigenvalue weighted by Crippen LogP contribution is 2.14. The fraction of sp³-hybridized carbons (Fsp3) is 0.125. The van der Waals surface area contributed by atoms with Crippen LogP contribution < -0.4 is 5.56 Å². The van der Waals surface area contributed by atoms with Crippen molar-refractivity contribution in [3.8, 4) is 11.5 Å². The van der Waals surface area contributed by atoms with Crippen molar-refractivity contribution in [2.24, 2.45) is 0 Å². The van der Waals surface area contributed by atoms with Gasteiger partial charge in [0.25, 0.3) is 11.5 Å². The maximum absolute atomic E-state index is 12.7. The summed E-state index contributed by atoms with van der Waals surface area (Å²) in [6, 6.07) is 1.35. The van der Waals surface area contributed by atoms with E-state index in [2.05, 4.69) is 9.97 Å². The lowest BCUT2D eigenvalue weighted by atomic mass is 10.2. The number of aromatic nitrogens is 3. The normalized spacial score (nSPS) is 10.8. The molecule has 0 atom stereocenters. The molecule has 4 nitrogen and oxygen atoms in total. The number of halogens is 2. The highest BCUT2D eigenvalue weighted by atomic mass is 19.2. The Hall–Kier alpha value is -1.85. The number of H-pyrrole nitrogens is 1. The second-order valence-corrected chi connectivity index (χ2v) is 2.82. The summed E-state index contributed by atoms with van der Waals surface area (Å²) in [5.74, 6) is -2.52. The van der Waals surface area contributed by atoms with Crippen molar-refractivity contribution in [2.75, 3.05) is 0 Å². The number of hydrogen-bond donors (Lipinski definition) is 1. The van der Waals surface area contributed by atoms with E-state index in [4.69, 9.17) is 0 Å². The Morgan fingerprint density at radius 2 is 2.07 bits per heavy atom. The monoisotopic (exact) mass is 197 g/mol. The number of pyridine rings is 1. The van der Waals surface area contributed by atoms with Gasteiger partial charge >= 0.3 is 0 Å². The number of aromatic amines is 1. The van der Waals surface area contributed by atoms with Crippen LogP contribution in [0.4, 0.5) is 8.78 Å². The minimum Gasteiger partial charge on any atom is -0.311 e. The number of fused-ring (bicyclic) bond motifs is 1. The van der Waals surface area contributed by atoms with Crippen LogP contribution in [0.25, 0.3) is 11.5 Å². The van der Waals surface area contributed by atoms with Crippen molar-refractivity contribution in [1.82, 2.24) is 15.0 Å². The topological polar surface area (TPSA) is 58.6 Å². The average Bonchev–Trinajstić information content (AvgIpc) is 2.11. The van der Waals surface area contributed by atoms with Gasteiger partial charge in [-0.15, -0.1) is 0 Å². The molecular weight excluding hydrogens is 192 g/mol. The van der Waals surface area contributed by atoms with Crippen LogP contribution in [-0.2, 0) is 0 Å². The molecule has 0 radical (unpaired) electrons. The first-order chi connectivity index (χ1) is 6.58. The van der Waals surface area contributed by atoms with Gasteiger partial charge in [-0.3, -0.25) is 4.79 Å². The van der Waals surface area contributed by atoms with Gasteiger partial charge in [0, 0.05) is 5.56 Å². The molecule has 2 rings (SSSR count). The zero-order chi connectivity index (χ0) is 10.3. The molecule has 72 valence electrons. The predicted octanol–water partition coefficient (Wildman–Crippen LogP) is 0.856. The number of aryl methyl sites for hydroxylation is 1. The largest absolute Gasteiger partial charge is 0.311 e. The van der Waals surface area contributed by atoms with E-state index in [0.717, 1.165) is 0 Å². The molecule has 6 heteroatoms. The van der Waals surface area contributed by atoms with Crippen LogP contribution in [0.2, 0.25) is 0 Å². The quantitative estimate of drug-likeness (QED) is 0.681. The molecule has 0 bridgehead atoms. The fourth-order valence-corrected chi connectivity index (χ4v) is 1.07. The summed E-state index contributed by atoms with van der Waals surface area (Å²) in [6.45, 7) is 1.53. The third-order valence-electron chi connectivity index (χ3n) is 1.77. The molecule has 0 fully saturated rings. The van der Waals surface area contributed by atoms with Crippen LogP contribution in [-0.4, -0.2) is 15.0 Å². The number of rotatable bonds is 0. The zero-order valence-electron chi connectivity index (χ0n) is 7.14. The second kappa shape index (κ2) is 2.83. The van der Waals surface area contributed by atoms with Crippen molar-refractivity contribution in [3.63, 3.8) is 0 Å². The van der Waals surface area contributed by atoms with Gasteiger partial charge in [0.2, 0.25) is 5.95 Å². The van der Waals surface area contributed by atoms with Crippen LogP contribution in [0.1, 0.15) is 5.56 Å². The summed E-state index contributed by atoms with van der Waals surface area (Å²) in [5.41, 5.74) is -0.0213. The second-order valence-electron chi connectivity index (χ2n) is 2.82. The van der Waals surface area contributed by atoms with E-state index in [-0.39, 0.29) is 11.5 Å². The smallest absolute Gasteiger partial charge is 0.274 e. The Morgan fingerprint density at radius 3 is 2.79 bits per heavy atom. The molecule has 2 aliphatic rings. The standard InChI is InChI=1S/C8H5F2N3O/c1-3-2-4-7(13-8(3)14)12-6(10)5(9)11-4/h2H,1H3,(H,12,13,14). The Bertz CT molecular complexity index is 523. The van der Waals surface area contributed by atoms with Gasteiger partial charge in [0.1, 0.15) is 5.69 Å². The molecule has 14 heavy (non-hydrogen) atoms. The summed E-state index contributed by atoms with van der Waals surface area (Å²) in [4.78, 5) is 19.9. The van der Waals surface area contributed by atoms with E-state index < -0.39 is 17.5 Å². The van der Waals surface area contributed by atoms with E-state index >= 15 is 0 Å². The molecule has 2 heterocycles. The minimum absolute atomic E-state index is 0.0560. The minimum atomic E-state index is -1.24. The maximum Gasteiger partial charge on any atom is 0.274 e. The molecule has 0 aromatic carbocycles. The van der Waals surface area contributed by atoms with E-state index in [1.165, 1.54) is 13.0 Å². The van der Waals surface area contributed by atoms with Gasteiger partial charge in [-0.05, 0) is 13.0 Å². The Labute approximate surface area is 77.0 Å². The van der Waals surface area contributed by atoms with Crippen LogP contribution in [0.3, 0.4) is 0 Å². The van der Waals surface area contributed by atoms with Crippen LogP contribution in [0, 0.1) is 18.8 Å². The van der Waals surface area contributed by atoms with Gasteiger partial charge in [-0.25, -0.2) is 4.98 Å². The van der Waals surface area contributed by atoms with Crippen LogP contribution in [0.5, 0.6) is 0 Å². The Kier molecular flexibility index (Phi) is 1.77. The highest BCUT2D eigenvalue weighted by molar-refractivity contribution is 5.50. The summed E-state index contributed by atoms with van der Waals surface area (Å²) in [6.07, 6.45) is 0. The Balaban J connectivity index is 2.85. The van der Waals surface area contributed by atoms with Crippen LogP contribution in [0.15, 0.2) is 10.9 Å². The summed E-state index contributed by atoms with van der Waals surface area (Å²) >= 11 is 0. The third-order valence-corrected chi connectivity index (χ3v) is 1.77. The Morgan fingerprint density at radius 1 is 1.36 bits per heavy atom. The van der Waals surface area contributed by atoms with E-state index in [9.17, 15) is 13.6 Å². The first-order valence-corrected chi connectivity index (χ1v) is 3.80. The molecule has 1 N–H and O–H groups in total. The van der Waals surface area contributed by atoms with Gasteiger partial charge in [-0.2, -0.15) is 13.8 Å². The van der Waals surface area contributed by atoms with Crippen molar-refractivity contribution in [1.29, 1.82) is 0 Å². The molecule has 0 aromatic heterocycles. The molecule has 0 spiro atoms. The lowest BCUT2D eigenvalue weighted by Crippen LogP contribution is -2.14. The first kappa shape index (κ1) is 8.74. The van der Waals surface area contributed by atoms with Gasteiger partial charge in [-0.1, -0.05) is 0 Å². The van der Waals surface area contributed by atoms with Gasteiger partial charge in [0.15, 0.2) is 5.82 Å². The molecule has 0 unspecified atom stereocenters. The molecule has 0 aromatic rings. The summed E-state index contributed by atoms with van der Waals surface area (Å²) < 4.78 is 25.3. The molecule has 0 saturated carbocycles. The summed E-state index contributed by atoms with van der Waals surface area (Å²) in [7, 11) is 0. The molecular formula is C8H5F2N3O. The zero-order valence-corrected chi connectivity index (χ0v) is 7.14. The van der Waals surface area contributed by atoms with Gasteiger partial charge in [0.05, 0.1) is 0 Å². The predicted molar refractivity (Wildman–Crippen MR) is 43.9 cm³/mol. The number of nitrogens with zero attached hydrogens (tertiary/aromatic N) is 2. The number of hydrogen-bond acceptors (Lipinski definition) is 3. The van der Waals surface area contributed by atoms with Crippen LogP contribution >= 0.6 is 0 Å². The van der Waals surface area contributed by atoms with Crippen molar-refractivity contribution in [2.45, 2.75) is 6.92 Å². The fourth-order valence-electron chi connectivity index (χ4n) is 1.07. The summed E-state index contributed by atoms with van der Waals surface area (Å²) in [5, 5.41) is 0. The van der Waals surface area contributed by atoms with E-state index in [1.54, 1.807) is 0 Å². The first-order valence-electron chi connectivity index (χ1n) is 3.80. The van der Waals surface area contributed by atoms with E-state index in [1.807, 2.05) is 4.98 Å². The average molecular weight is 197 g/mol. The molecule has 2 aliphatic heterocycles. The third kappa shape index (κ3) is 1.24. The van der Waals surface area contributed by atoms with Crippen molar-refractivity contribution >= 4 is 0 Å². The molecule has 0 aliphatic carbocycles. The van der Waals surface area contributed by atoms with Crippen molar-refractivity contribution in [3.05, 3.63) is 33.9 Å². The highest BCUT2D eigenvalue weighted by Gasteiger charge is 2.13. The van der Waals surface area contributed by atoms with Crippen molar-refractivity contribution < 1.29 is 8.78 Å². The lowest BCUT2D eigenvalue weighted by molar-refractivity contribution is 0.452. The number of nitrogens with one attached hydrogen (secondary N) is 1.